The highest BCUT2D eigenvalue weighted by atomic mass is 35.5. The summed E-state index contributed by atoms with van der Waals surface area (Å²) in [5.74, 6) is -2.72. The van der Waals surface area contributed by atoms with Gasteiger partial charge in [-0.2, -0.15) is 4.31 Å². The number of carbonyl (C=O) groups is 3. The molecule has 2 aromatic carbocycles. The van der Waals surface area contributed by atoms with Crippen LogP contribution in [0.15, 0.2) is 53.4 Å². The highest BCUT2D eigenvalue weighted by molar-refractivity contribution is 7.89. The summed E-state index contributed by atoms with van der Waals surface area (Å²) in [6.45, 7) is 0.236. The Morgan fingerprint density at radius 3 is 2.00 bits per heavy atom. The second kappa shape index (κ2) is 7.82. The van der Waals surface area contributed by atoms with E-state index >= 15 is 0 Å². The minimum absolute atomic E-state index is 0.118. The van der Waals surface area contributed by atoms with Crippen molar-refractivity contribution >= 4 is 39.4 Å². The summed E-state index contributed by atoms with van der Waals surface area (Å²) in [5.41, 5.74) is 0.360. The van der Waals surface area contributed by atoms with Gasteiger partial charge >= 0.3 is 5.97 Å². The molecule has 0 radical (unpaired) electrons. The number of piperidine rings is 1. The number of rotatable bonds is 4. The van der Waals surface area contributed by atoms with Gasteiger partial charge in [-0.25, -0.2) is 13.2 Å². The number of imide groups is 1. The third kappa shape index (κ3) is 3.60. The Morgan fingerprint density at radius 2 is 1.47 bits per heavy atom. The van der Waals surface area contributed by atoms with E-state index < -0.39 is 33.7 Å². The van der Waals surface area contributed by atoms with Crippen LogP contribution in [0, 0.1) is 5.92 Å². The first kappa shape index (κ1) is 20.5. The van der Waals surface area contributed by atoms with Crippen molar-refractivity contribution in [2.45, 2.75) is 17.7 Å². The first-order chi connectivity index (χ1) is 14.3. The van der Waals surface area contributed by atoms with Crippen LogP contribution in [0.3, 0.4) is 0 Å². The highest BCUT2D eigenvalue weighted by Gasteiger charge is 2.41. The van der Waals surface area contributed by atoms with Gasteiger partial charge in [0.2, 0.25) is 10.0 Å². The Hall–Kier alpha value is -2.75. The third-order valence-electron chi connectivity index (χ3n) is 5.18. The number of fused-ring (bicyclic) bond motifs is 1. The molecule has 10 heteroatoms. The Morgan fingerprint density at radius 1 is 0.933 bits per heavy atom. The number of sulfonamides is 1. The molecule has 0 aromatic heterocycles. The molecule has 1 fully saturated rings. The molecule has 4 rings (SSSR count). The van der Waals surface area contributed by atoms with Crippen molar-refractivity contribution < 1.29 is 27.6 Å². The van der Waals surface area contributed by atoms with Crippen LogP contribution >= 0.6 is 11.6 Å². The zero-order valence-corrected chi connectivity index (χ0v) is 17.2. The standard InChI is InChI=1S/C20H17ClN2O6S/c21-14-5-7-15(8-6-14)30(27,28)22-11-9-13(10-12-22)20(26)29-23-18(24)16-3-1-2-4-17(16)19(23)25/h1-8,13H,9-12H2. The molecule has 2 heterocycles. The van der Waals surface area contributed by atoms with E-state index in [9.17, 15) is 22.8 Å². The van der Waals surface area contributed by atoms with E-state index in [2.05, 4.69) is 0 Å². The predicted octanol–water partition coefficient (Wildman–Crippen LogP) is 2.50. The molecule has 2 aliphatic rings. The van der Waals surface area contributed by atoms with Crippen LogP contribution in [-0.2, 0) is 19.7 Å². The van der Waals surface area contributed by atoms with Gasteiger partial charge in [-0.3, -0.25) is 9.59 Å². The van der Waals surface area contributed by atoms with Crippen molar-refractivity contribution in [2.75, 3.05) is 13.1 Å². The first-order valence-corrected chi connectivity index (χ1v) is 11.1. The lowest BCUT2D eigenvalue weighted by Gasteiger charge is -2.30. The van der Waals surface area contributed by atoms with Gasteiger partial charge in [0, 0.05) is 18.1 Å². The number of hydrogen-bond donors (Lipinski definition) is 0. The van der Waals surface area contributed by atoms with E-state index in [1.807, 2.05) is 0 Å². The molecule has 8 nitrogen and oxygen atoms in total. The second-order valence-electron chi connectivity index (χ2n) is 6.99. The van der Waals surface area contributed by atoms with E-state index in [0.717, 1.165) is 0 Å². The molecule has 1 saturated heterocycles. The third-order valence-corrected chi connectivity index (χ3v) is 7.34. The fraction of sp³-hybridized carbons (Fsp3) is 0.250. The molecule has 2 aliphatic heterocycles. The maximum atomic E-state index is 12.7. The van der Waals surface area contributed by atoms with E-state index in [-0.39, 0.29) is 42.0 Å². The van der Waals surface area contributed by atoms with Crippen molar-refractivity contribution in [1.29, 1.82) is 0 Å². The van der Waals surface area contributed by atoms with Crippen LogP contribution in [0.4, 0.5) is 0 Å². The SMILES string of the molecule is O=C(ON1C(=O)c2ccccc2C1=O)C1CCN(S(=O)(=O)c2ccc(Cl)cc2)CC1. The van der Waals surface area contributed by atoms with E-state index in [0.29, 0.717) is 10.1 Å². The Balaban J connectivity index is 1.39. The molecule has 0 aliphatic carbocycles. The van der Waals surface area contributed by atoms with E-state index in [1.165, 1.54) is 40.7 Å². The van der Waals surface area contributed by atoms with Crippen LogP contribution in [0.2, 0.25) is 5.02 Å². The minimum atomic E-state index is -3.70. The molecule has 0 bridgehead atoms. The quantitative estimate of drug-likeness (QED) is 0.666. The zero-order chi connectivity index (χ0) is 21.5. The topological polar surface area (TPSA) is 101 Å². The molecule has 0 N–H and O–H groups in total. The number of amides is 2. The van der Waals surface area contributed by atoms with Gasteiger partial charge in [0.25, 0.3) is 11.8 Å². The van der Waals surface area contributed by atoms with Crippen molar-refractivity contribution in [2.24, 2.45) is 5.92 Å². The zero-order valence-electron chi connectivity index (χ0n) is 15.7. The van der Waals surface area contributed by atoms with Crippen molar-refractivity contribution in [3.05, 3.63) is 64.7 Å². The summed E-state index contributed by atoms with van der Waals surface area (Å²) in [6.07, 6.45) is 0.434. The van der Waals surface area contributed by atoms with Gasteiger partial charge in [-0.05, 0) is 49.2 Å². The Kier molecular flexibility index (Phi) is 5.35. The summed E-state index contributed by atoms with van der Waals surface area (Å²) in [6, 6.07) is 12.1. The van der Waals surface area contributed by atoms with Crippen molar-refractivity contribution in [1.82, 2.24) is 9.37 Å². The number of benzene rings is 2. The Bertz CT molecular complexity index is 1090. The van der Waals surface area contributed by atoms with Crippen LogP contribution in [0.25, 0.3) is 0 Å². The summed E-state index contributed by atoms with van der Waals surface area (Å²) in [4.78, 5) is 42.4. The highest BCUT2D eigenvalue weighted by Crippen LogP contribution is 2.28. The number of hydrogen-bond acceptors (Lipinski definition) is 6. The lowest BCUT2D eigenvalue weighted by atomic mass is 9.99. The molecule has 156 valence electrons. The maximum Gasteiger partial charge on any atom is 0.336 e. The van der Waals surface area contributed by atoms with Gasteiger partial charge in [-0.15, -0.1) is 0 Å². The number of nitrogens with zero attached hydrogens (tertiary/aromatic N) is 2. The van der Waals surface area contributed by atoms with Gasteiger partial charge < -0.3 is 4.84 Å². The fourth-order valence-electron chi connectivity index (χ4n) is 3.50. The molecule has 30 heavy (non-hydrogen) atoms. The number of hydroxylamine groups is 2. The first-order valence-electron chi connectivity index (χ1n) is 9.24. The van der Waals surface area contributed by atoms with Gasteiger partial charge in [0.05, 0.1) is 21.9 Å². The predicted molar refractivity (Wildman–Crippen MR) is 106 cm³/mol. The molecule has 2 amide bonds. The molecule has 0 atom stereocenters. The summed E-state index contributed by atoms with van der Waals surface area (Å²) >= 11 is 5.81. The molecular formula is C20H17ClN2O6S. The monoisotopic (exact) mass is 448 g/mol. The lowest BCUT2D eigenvalue weighted by Crippen LogP contribution is -2.42. The minimum Gasteiger partial charge on any atom is -0.329 e. The van der Waals surface area contributed by atoms with E-state index in [4.69, 9.17) is 16.4 Å². The second-order valence-corrected chi connectivity index (χ2v) is 9.37. The molecule has 0 spiro atoms. The molecule has 0 unspecified atom stereocenters. The summed E-state index contributed by atoms with van der Waals surface area (Å²) in [7, 11) is -3.70. The summed E-state index contributed by atoms with van der Waals surface area (Å²) < 4.78 is 26.8. The normalized spacial score (nSPS) is 17.8. The van der Waals surface area contributed by atoms with Gasteiger partial charge in [-0.1, -0.05) is 28.8 Å². The maximum absolute atomic E-state index is 12.7. The molecular weight excluding hydrogens is 432 g/mol. The average molecular weight is 449 g/mol. The Labute approximate surface area is 178 Å². The fourth-order valence-corrected chi connectivity index (χ4v) is 5.10. The van der Waals surface area contributed by atoms with Gasteiger partial charge in [0.1, 0.15) is 0 Å². The number of carbonyl (C=O) groups excluding carboxylic acids is 3. The van der Waals surface area contributed by atoms with Crippen LogP contribution in [0.5, 0.6) is 0 Å². The lowest BCUT2D eigenvalue weighted by molar-refractivity contribution is -0.175. The smallest absolute Gasteiger partial charge is 0.329 e. The van der Waals surface area contributed by atoms with Crippen molar-refractivity contribution in [3.63, 3.8) is 0 Å². The van der Waals surface area contributed by atoms with E-state index in [1.54, 1.807) is 12.1 Å². The molecule has 0 saturated carbocycles. The summed E-state index contributed by atoms with van der Waals surface area (Å²) in [5, 5.41) is 0.910. The van der Waals surface area contributed by atoms with Crippen LogP contribution in [-0.4, -0.2) is 48.7 Å². The average Bonchev–Trinajstić information content (AvgIpc) is 2.99. The van der Waals surface area contributed by atoms with Crippen molar-refractivity contribution in [3.8, 4) is 0 Å². The van der Waals surface area contributed by atoms with Crippen LogP contribution < -0.4 is 0 Å². The number of halogens is 1. The molecule has 2 aromatic rings. The largest absolute Gasteiger partial charge is 0.336 e. The van der Waals surface area contributed by atoms with Crippen LogP contribution in [0.1, 0.15) is 33.6 Å². The van der Waals surface area contributed by atoms with Gasteiger partial charge in [0.15, 0.2) is 0 Å².